The van der Waals surface area contributed by atoms with Gasteiger partial charge in [0.2, 0.25) is 11.7 Å². The summed E-state index contributed by atoms with van der Waals surface area (Å²) in [5.74, 6) is -0.828. The van der Waals surface area contributed by atoms with Crippen LogP contribution >= 0.6 is 0 Å². The molecule has 0 saturated heterocycles. The van der Waals surface area contributed by atoms with Gasteiger partial charge in [-0.25, -0.2) is 0 Å². The zero-order valence-corrected chi connectivity index (χ0v) is 21.5. The Bertz CT molecular complexity index is 1600. The average Bonchev–Trinajstić information content (AvgIpc) is 3.52. The Kier molecular flexibility index (Phi) is 7.53. The number of anilines is 1. The number of fused-ring (bicyclic) bond motifs is 1. The Labute approximate surface area is 219 Å². The van der Waals surface area contributed by atoms with Crippen LogP contribution in [0.2, 0.25) is 0 Å². The highest BCUT2D eigenvalue weighted by Crippen LogP contribution is 2.35. The van der Waals surface area contributed by atoms with Crippen molar-refractivity contribution in [3.05, 3.63) is 88.5 Å². The highest BCUT2D eigenvalue weighted by molar-refractivity contribution is 6.19. The molecule has 0 aliphatic carbocycles. The topological polar surface area (TPSA) is 129 Å². The molecule has 2 aromatic carbocycles. The first-order chi connectivity index (χ1) is 18.3. The molecule has 4 aromatic rings. The Morgan fingerprint density at radius 3 is 2.37 bits per heavy atom. The van der Waals surface area contributed by atoms with E-state index in [9.17, 15) is 14.4 Å². The molecular formula is C29H26N4O5. The smallest absolute Gasteiger partial charge is 0.261 e. The summed E-state index contributed by atoms with van der Waals surface area (Å²) >= 11 is 0. The van der Waals surface area contributed by atoms with Gasteiger partial charge in [0, 0.05) is 30.1 Å². The van der Waals surface area contributed by atoms with Gasteiger partial charge < -0.3 is 19.2 Å². The van der Waals surface area contributed by atoms with E-state index >= 15 is 0 Å². The monoisotopic (exact) mass is 510 g/mol. The summed E-state index contributed by atoms with van der Waals surface area (Å²) in [5.41, 5.74) is 2.93. The van der Waals surface area contributed by atoms with Crippen molar-refractivity contribution in [3.8, 4) is 6.07 Å². The highest BCUT2D eigenvalue weighted by Gasteiger charge is 2.25. The number of rotatable bonds is 8. The molecule has 0 atom stereocenters. The van der Waals surface area contributed by atoms with Gasteiger partial charge in [0.15, 0.2) is 5.76 Å². The van der Waals surface area contributed by atoms with Crippen molar-refractivity contribution in [1.82, 2.24) is 10.1 Å². The van der Waals surface area contributed by atoms with Crippen molar-refractivity contribution in [3.63, 3.8) is 0 Å². The maximum Gasteiger partial charge on any atom is 0.261 e. The van der Waals surface area contributed by atoms with Gasteiger partial charge in [-0.05, 0) is 75.2 Å². The number of nitrogens with zero attached hydrogens (tertiary/aromatic N) is 3. The number of carbonyl (C=O) groups is 3. The number of furan rings is 1. The maximum absolute atomic E-state index is 13.5. The second kappa shape index (κ2) is 11.0. The number of amides is 2. The Hall–Kier alpha value is -4.97. The van der Waals surface area contributed by atoms with E-state index in [-0.39, 0.29) is 22.9 Å². The van der Waals surface area contributed by atoms with Crippen molar-refractivity contribution >= 4 is 39.8 Å². The molecule has 9 nitrogen and oxygen atoms in total. The third kappa shape index (κ3) is 5.11. The van der Waals surface area contributed by atoms with Gasteiger partial charge in [0.05, 0.1) is 23.5 Å². The number of likely N-dealkylation sites (N-methyl/N-ethyl adjacent to an activating group) is 1. The maximum atomic E-state index is 13.5. The lowest BCUT2D eigenvalue weighted by Crippen LogP contribution is -2.28. The normalized spacial score (nSPS) is 11.3. The number of hydrogen-bond acceptors (Lipinski definition) is 7. The number of hydrogen-bond donors (Lipinski definition) is 1. The Morgan fingerprint density at radius 1 is 1.08 bits per heavy atom. The van der Waals surface area contributed by atoms with Crippen LogP contribution in [0.15, 0.2) is 63.7 Å². The van der Waals surface area contributed by atoms with Crippen molar-refractivity contribution in [2.45, 2.75) is 27.7 Å². The van der Waals surface area contributed by atoms with E-state index < -0.39 is 11.7 Å². The average molecular weight is 511 g/mol. The summed E-state index contributed by atoms with van der Waals surface area (Å²) in [6.07, 6.45) is 2.86. The quantitative estimate of drug-likeness (QED) is 0.250. The van der Waals surface area contributed by atoms with E-state index in [4.69, 9.17) is 14.2 Å². The van der Waals surface area contributed by atoms with Crippen LogP contribution in [0.4, 0.5) is 5.69 Å². The van der Waals surface area contributed by atoms with Crippen LogP contribution in [0.1, 0.15) is 64.1 Å². The van der Waals surface area contributed by atoms with E-state index in [0.717, 1.165) is 11.1 Å². The SMILES string of the molecule is CCN(CC)C(=O)C=C(C)c1ccc2oc(C(=O)c3ccc(C#N)cc3)c(NC(=O)c3cnoc3C)c2c1. The first kappa shape index (κ1) is 26.1. The van der Waals surface area contributed by atoms with E-state index in [1.165, 1.54) is 30.5 Å². The molecular weight excluding hydrogens is 484 g/mol. The minimum Gasteiger partial charge on any atom is -0.450 e. The van der Waals surface area contributed by atoms with Crippen LogP contribution in [0.3, 0.4) is 0 Å². The first-order valence-electron chi connectivity index (χ1n) is 12.1. The highest BCUT2D eigenvalue weighted by atomic mass is 16.5. The molecule has 1 N–H and O–H groups in total. The predicted octanol–water partition coefficient (Wildman–Crippen LogP) is 5.36. The number of allylic oxidation sites excluding steroid dienone is 1. The minimum absolute atomic E-state index is 0.0647. The van der Waals surface area contributed by atoms with E-state index in [1.807, 2.05) is 26.8 Å². The molecule has 2 heterocycles. The molecule has 0 bridgehead atoms. The number of carbonyl (C=O) groups excluding carboxylic acids is 3. The van der Waals surface area contributed by atoms with Crippen molar-refractivity contribution < 1.29 is 23.3 Å². The van der Waals surface area contributed by atoms with Crippen LogP contribution in [0, 0.1) is 18.3 Å². The van der Waals surface area contributed by atoms with Gasteiger partial charge in [0.25, 0.3) is 5.91 Å². The molecule has 0 unspecified atom stereocenters. The fourth-order valence-electron chi connectivity index (χ4n) is 4.05. The molecule has 0 aliphatic rings. The predicted molar refractivity (Wildman–Crippen MR) is 142 cm³/mol. The lowest BCUT2D eigenvalue weighted by molar-refractivity contribution is -0.125. The number of ketones is 1. The molecule has 0 spiro atoms. The van der Waals surface area contributed by atoms with Gasteiger partial charge in [0.1, 0.15) is 16.9 Å². The van der Waals surface area contributed by atoms with Gasteiger partial charge in [-0.1, -0.05) is 11.2 Å². The molecule has 9 heteroatoms. The van der Waals surface area contributed by atoms with Crippen molar-refractivity contribution in [1.29, 1.82) is 5.26 Å². The second-order valence-corrected chi connectivity index (χ2v) is 8.62. The van der Waals surface area contributed by atoms with Crippen LogP contribution < -0.4 is 5.32 Å². The van der Waals surface area contributed by atoms with Crippen molar-refractivity contribution in [2.24, 2.45) is 0 Å². The van der Waals surface area contributed by atoms with Crippen LogP contribution in [0.25, 0.3) is 16.5 Å². The van der Waals surface area contributed by atoms with Crippen LogP contribution in [0.5, 0.6) is 0 Å². The summed E-state index contributed by atoms with van der Waals surface area (Å²) in [7, 11) is 0. The Balaban J connectivity index is 1.81. The van der Waals surface area contributed by atoms with Crippen molar-refractivity contribution in [2.75, 3.05) is 18.4 Å². The van der Waals surface area contributed by atoms with E-state index in [0.29, 0.717) is 40.9 Å². The molecule has 0 fully saturated rings. The molecule has 0 aliphatic heterocycles. The lowest BCUT2D eigenvalue weighted by Gasteiger charge is -2.16. The number of aromatic nitrogens is 1. The first-order valence-corrected chi connectivity index (χ1v) is 12.1. The third-order valence-corrected chi connectivity index (χ3v) is 6.27. The number of aryl methyl sites for hydroxylation is 1. The Morgan fingerprint density at radius 2 is 1.76 bits per heavy atom. The standard InChI is InChI=1S/C29H26N4O5/c1-5-33(6-2)25(34)13-17(3)21-11-12-24-22(14-21)26(32-29(36)23-16-31-38-18(23)4)28(37-24)27(35)20-9-7-19(15-30)8-10-20/h7-14,16H,5-6H2,1-4H3,(H,32,36). The fraction of sp³-hybridized carbons (Fsp3) is 0.207. The molecule has 192 valence electrons. The molecule has 4 rings (SSSR count). The van der Waals surface area contributed by atoms with Crippen LogP contribution in [-0.2, 0) is 4.79 Å². The summed E-state index contributed by atoms with van der Waals surface area (Å²) in [4.78, 5) is 40.9. The summed E-state index contributed by atoms with van der Waals surface area (Å²) in [6.45, 7) is 8.46. The fourth-order valence-corrected chi connectivity index (χ4v) is 4.05. The zero-order valence-electron chi connectivity index (χ0n) is 21.5. The van der Waals surface area contributed by atoms with E-state index in [2.05, 4.69) is 10.5 Å². The summed E-state index contributed by atoms with van der Waals surface area (Å²) in [6, 6.07) is 13.4. The van der Waals surface area contributed by atoms with Crippen LogP contribution in [-0.4, -0.2) is 40.7 Å². The third-order valence-electron chi connectivity index (χ3n) is 6.27. The molecule has 2 aromatic heterocycles. The largest absolute Gasteiger partial charge is 0.450 e. The van der Waals surface area contributed by atoms with Gasteiger partial charge >= 0.3 is 0 Å². The molecule has 38 heavy (non-hydrogen) atoms. The van der Waals surface area contributed by atoms with Gasteiger partial charge in [-0.3, -0.25) is 14.4 Å². The molecule has 2 amide bonds. The molecule has 0 radical (unpaired) electrons. The minimum atomic E-state index is -0.519. The van der Waals surface area contributed by atoms with E-state index in [1.54, 1.807) is 36.1 Å². The summed E-state index contributed by atoms with van der Waals surface area (Å²) < 4.78 is 11.0. The lowest BCUT2D eigenvalue weighted by atomic mass is 10.0. The second-order valence-electron chi connectivity index (χ2n) is 8.62. The molecule has 0 saturated carbocycles. The van der Waals surface area contributed by atoms with Gasteiger partial charge in [-0.15, -0.1) is 0 Å². The van der Waals surface area contributed by atoms with Gasteiger partial charge in [-0.2, -0.15) is 5.26 Å². The zero-order chi connectivity index (χ0) is 27.4. The number of nitrogens with one attached hydrogen (secondary N) is 1. The number of benzene rings is 2. The summed E-state index contributed by atoms with van der Waals surface area (Å²) in [5, 5.41) is 16.0. The number of nitriles is 1.